The Morgan fingerprint density at radius 2 is 0.741 bits per heavy atom. The van der Waals surface area contributed by atoms with E-state index in [0.717, 1.165) is 6.92 Å². The molecule has 0 amide bonds. The average Bonchev–Trinajstić information content (AvgIpc) is 2.39. The van der Waals surface area contributed by atoms with E-state index in [1.54, 1.807) is 0 Å². The topological polar surface area (TPSA) is 40.5 Å². The first kappa shape index (κ1) is 24.1. The fourth-order valence-electron chi connectivity index (χ4n) is 3.53. The van der Waals surface area contributed by atoms with Crippen LogP contribution in [0, 0.1) is 17.8 Å². The van der Waals surface area contributed by atoms with E-state index in [4.69, 9.17) is 0 Å². The summed E-state index contributed by atoms with van der Waals surface area (Å²) in [7, 11) is 0. The first-order valence-electron chi connectivity index (χ1n) is 7.32. The van der Waals surface area contributed by atoms with E-state index in [1.807, 2.05) is 0 Å². The van der Waals surface area contributed by atoms with Gasteiger partial charge in [-0.1, -0.05) is 6.92 Å². The lowest BCUT2D eigenvalue weighted by atomic mass is 9.63. The normalized spacial score (nSPS) is 27.0. The maximum absolute atomic E-state index is 12.9. The van der Waals surface area contributed by atoms with Gasteiger partial charge in [-0.2, -0.15) is 52.7 Å². The van der Waals surface area contributed by atoms with Gasteiger partial charge in [0.15, 0.2) is 0 Å². The minimum Gasteiger partial charge on any atom is -0.373 e. The zero-order chi connectivity index (χ0) is 21.9. The fourth-order valence-corrected chi connectivity index (χ4v) is 3.53. The summed E-state index contributed by atoms with van der Waals surface area (Å²) in [5, 5.41) is 18.6. The van der Waals surface area contributed by atoms with Gasteiger partial charge in [0.25, 0.3) is 11.2 Å². The Labute approximate surface area is 144 Å². The largest absolute Gasteiger partial charge is 0.426 e. The molecule has 1 rings (SSSR count). The summed E-state index contributed by atoms with van der Waals surface area (Å²) in [5.74, 6) is -7.63. The van der Waals surface area contributed by atoms with Gasteiger partial charge in [-0.15, -0.1) is 0 Å². The Hall–Kier alpha value is -0.920. The van der Waals surface area contributed by atoms with Crippen molar-refractivity contribution in [3.05, 3.63) is 0 Å². The molecule has 1 aliphatic carbocycles. The number of halogens is 12. The van der Waals surface area contributed by atoms with Gasteiger partial charge in [-0.25, -0.2) is 0 Å². The molecule has 2 atom stereocenters. The monoisotopic (exact) mass is 430 g/mol. The Morgan fingerprint density at radius 3 is 0.926 bits per heavy atom. The molecular weight excluding hydrogens is 416 g/mol. The second-order valence-electron chi connectivity index (χ2n) is 6.73. The van der Waals surface area contributed by atoms with E-state index in [2.05, 4.69) is 0 Å². The lowest BCUT2D eigenvalue weighted by Crippen LogP contribution is -2.66. The quantitative estimate of drug-likeness (QED) is 0.621. The lowest BCUT2D eigenvalue weighted by Gasteiger charge is -2.48. The van der Waals surface area contributed by atoms with Crippen LogP contribution in [0.15, 0.2) is 0 Å². The van der Waals surface area contributed by atoms with Gasteiger partial charge in [0, 0.05) is 11.8 Å². The molecule has 0 aromatic heterocycles. The van der Waals surface area contributed by atoms with Crippen LogP contribution >= 0.6 is 0 Å². The first-order valence-corrected chi connectivity index (χ1v) is 7.32. The molecule has 2 N–H and O–H groups in total. The Balaban J connectivity index is 3.50. The predicted octanol–water partition coefficient (Wildman–Crippen LogP) is 4.75. The Kier molecular flexibility index (Phi) is 5.86. The first-order chi connectivity index (χ1) is 11.6. The van der Waals surface area contributed by atoms with Crippen LogP contribution in [0.4, 0.5) is 52.7 Å². The zero-order valence-electron chi connectivity index (χ0n) is 13.3. The highest BCUT2D eigenvalue weighted by Crippen LogP contribution is 2.58. The lowest BCUT2D eigenvalue weighted by molar-refractivity contribution is -0.404. The third-order valence-electron chi connectivity index (χ3n) is 4.85. The fraction of sp³-hybridized carbons (Fsp3) is 1.00. The van der Waals surface area contributed by atoms with E-state index in [0.29, 0.717) is 0 Å². The molecule has 162 valence electrons. The maximum atomic E-state index is 12.9. The summed E-state index contributed by atoms with van der Waals surface area (Å²) in [5.41, 5.74) is -11.0. The third-order valence-corrected chi connectivity index (χ3v) is 4.85. The van der Waals surface area contributed by atoms with E-state index >= 15 is 0 Å². The third kappa shape index (κ3) is 3.83. The molecule has 0 aliphatic heterocycles. The van der Waals surface area contributed by atoms with Crippen LogP contribution in [0.1, 0.15) is 26.2 Å². The van der Waals surface area contributed by atoms with Crippen molar-refractivity contribution in [1.29, 1.82) is 0 Å². The van der Waals surface area contributed by atoms with Crippen molar-refractivity contribution >= 4 is 0 Å². The number of hydrogen-bond donors (Lipinski definition) is 2. The molecule has 2 unspecified atom stereocenters. The SMILES string of the molecule is CC1CC(C(O)(C(F)(F)F)C(F)(F)F)CC(C(O)(C(F)(F)F)C(F)(F)F)C1. The molecule has 0 bridgehead atoms. The summed E-state index contributed by atoms with van der Waals surface area (Å²) < 4.78 is 155. The van der Waals surface area contributed by atoms with Crippen LogP contribution in [0.2, 0.25) is 0 Å². The molecule has 27 heavy (non-hydrogen) atoms. The minimum atomic E-state index is -6.41. The van der Waals surface area contributed by atoms with Gasteiger partial charge in [0.2, 0.25) is 0 Å². The van der Waals surface area contributed by atoms with Gasteiger partial charge < -0.3 is 10.2 Å². The van der Waals surface area contributed by atoms with Crippen molar-refractivity contribution in [2.45, 2.75) is 62.1 Å². The van der Waals surface area contributed by atoms with Crippen LogP contribution in [-0.2, 0) is 0 Å². The Bertz CT molecular complexity index is 455. The van der Waals surface area contributed by atoms with Gasteiger partial charge in [0.05, 0.1) is 0 Å². The smallest absolute Gasteiger partial charge is 0.373 e. The highest BCUT2D eigenvalue weighted by molar-refractivity contribution is 5.07. The van der Waals surface area contributed by atoms with Crippen LogP contribution in [0.5, 0.6) is 0 Å². The molecular formula is C13H14F12O2. The molecule has 0 aromatic rings. The predicted molar refractivity (Wildman–Crippen MR) is 64.1 cm³/mol. The van der Waals surface area contributed by atoms with Crippen LogP contribution in [-0.4, -0.2) is 46.1 Å². The summed E-state index contributed by atoms with van der Waals surface area (Å²) in [6.45, 7) is 0.833. The van der Waals surface area contributed by atoms with Crippen molar-refractivity contribution in [1.82, 2.24) is 0 Å². The van der Waals surface area contributed by atoms with Gasteiger partial charge in [0.1, 0.15) is 0 Å². The zero-order valence-corrected chi connectivity index (χ0v) is 13.3. The van der Waals surface area contributed by atoms with Crippen molar-refractivity contribution in [2.75, 3.05) is 0 Å². The average molecular weight is 430 g/mol. The van der Waals surface area contributed by atoms with E-state index in [9.17, 15) is 62.9 Å². The second-order valence-corrected chi connectivity index (χ2v) is 6.73. The van der Waals surface area contributed by atoms with Crippen LogP contribution in [0.25, 0.3) is 0 Å². The highest BCUT2D eigenvalue weighted by atomic mass is 19.4. The van der Waals surface area contributed by atoms with E-state index < -0.39 is 72.9 Å². The summed E-state index contributed by atoms with van der Waals surface area (Å²) >= 11 is 0. The number of aliphatic hydroxyl groups is 2. The maximum Gasteiger partial charge on any atom is 0.426 e. The van der Waals surface area contributed by atoms with Gasteiger partial charge in [-0.05, 0) is 25.2 Å². The number of alkyl halides is 12. The molecule has 0 aromatic carbocycles. The highest BCUT2D eigenvalue weighted by Gasteiger charge is 2.78. The summed E-state index contributed by atoms with van der Waals surface area (Å²) in [6.07, 6.45) is -29.9. The molecule has 1 saturated carbocycles. The van der Waals surface area contributed by atoms with Crippen LogP contribution in [0.3, 0.4) is 0 Å². The van der Waals surface area contributed by atoms with E-state index in [1.165, 1.54) is 0 Å². The molecule has 0 heterocycles. The Morgan fingerprint density at radius 1 is 0.519 bits per heavy atom. The molecule has 1 fully saturated rings. The van der Waals surface area contributed by atoms with Crippen molar-refractivity contribution in [3.63, 3.8) is 0 Å². The van der Waals surface area contributed by atoms with Gasteiger partial charge in [-0.3, -0.25) is 0 Å². The van der Waals surface area contributed by atoms with Crippen LogP contribution < -0.4 is 0 Å². The molecule has 1 aliphatic rings. The van der Waals surface area contributed by atoms with Gasteiger partial charge >= 0.3 is 24.7 Å². The van der Waals surface area contributed by atoms with E-state index in [-0.39, 0.29) is 0 Å². The van der Waals surface area contributed by atoms with Crippen molar-refractivity contribution < 1.29 is 62.9 Å². The molecule has 0 spiro atoms. The summed E-state index contributed by atoms with van der Waals surface area (Å²) in [4.78, 5) is 0. The molecule has 14 heteroatoms. The van der Waals surface area contributed by atoms with Crippen molar-refractivity contribution in [3.8, 4) is 0 Å². The molecule has 0 saturated heterocycles. The summed E-state index contributed by atoms with van der Waals surface area (Å²) in [6, 6.07) is 0. The molecule has 0 radical (unpaired) electrons. The molecule has 2 nitrogen and oxygen atoms in total. The second kappa shape index (κ2) is 6.56. The number of rotatable bonds is 2. The minimum absolute atomic E-state index is 0.833. The number of hydrogen-bond acceptors (Lipinski definition) is 2. The standard InChI is InChI=1S/C13H14F12O2/c1-5-2-6(8(26,10(14,15)16)11(17,18)19)4-7(3-5)9(27,12(20,21)22)13(23,24)25/h5-7,26-27H,2-4H2,1H3. The van der Waals surface area contributed by atoms with Crippen molar-refractivity contribution in [2.24, 2.45) is 17.8 Å².